The SMILES string of the molecule is C[C@H]1[C@H](F)[C@H](n2ccc(=O)[nH]c2=O)O[C@@H]1CO. The average molecular weight is 244 g/mol. The maximum Gasteiger partial charge on any atom is 0.330 e. The predicted molar refractivity (Wildman–Crippen MR) is 56.4 cm³/mol. The third-order valence-electron chi connectivity index (χ3n) is 2.98. The second-order valence-corrected chi connectivity index (χ2v) is 4.07. The summed E-state index contributed by atoms with van der Waals surface area (Å²) in [6.45, 7) is 1.29. The van der Waals surface area contributed by atoms with Crippen molar-refractivity contribution in [3.8, 4) is 0 Å². The van der Waals surface area contributed by atoms with Crippen molar-refractivity contribution in [2.75, 3.05) is 6.61 Å². The van der Waals surface area contributed by atoms with Crippen LogP contribution >= 0.6 is 0 Å². The highest BCUT2D eigenvalue weighted by Crippen LogP contribution is 2.34. The Morgan fingerprint density at radius 2 is 2.29 bits per heavy atom. The molecule has 0 spiro atoms. The van der Waals surface area contributed by atoms with Crippen molar-refractivity contribution < 1.29 is 14.2 Å². The predicted octanol–water partition coefficient (Wildman–Crippen LogP) is -0.600. The first-order valence-corrected chi connectivity index (χ1v) is 5.26. The topological polar surface area (TPSA) is 84.3 Å². The Balaban J connectivity index is 2.35. The molecule has 1 aromatic rings. The molecule has 7 heteroatoms. The highest BCUT2D eigenvalue weighted by atomic mass is 19.1. The fourth-order valence-electron chi connectivity index (χ4n) is 1.90. The lowest BCUT2D eigenvalue weighted by Gasteiger charge is -2.15. The molecule has 1 fully saturated rings. The number of H-pyrrole nitrogens is 1. The van der Waals surface area contributed by atoms with E-state index in [0.717, 1.165) is 10.6 Å². The summed E-state index contributed by atoms with van der Waals surface area (Å²) in [5.41, 5.74) is -1.28. The smallest absolute Gasteiger partial charge is 0.330 e. The first-order valence-electron chi connectivity index (χ1n) is 5.26. The molecule has 1 aliphatic heterocycles. The molecule has 6 nitrogen and oxygen atoms in total. The molecular formula is C10H13FN2O4. The highest BCUT2D eigenvalue weighted by Gasteiger charge is 2.43. The Kier molecular flexibility index (Phi) is 3.12. The molecule has 0 aromatic carbocycles. The van der Waals surface area contributed by atoms with Crippen molar-refractivity contribution in [2.45, 2.75) is 25.4 Å². The van der Waals surface area contributed by atoms with Crippen LogP contribution in [0.3, 0.4) is 0 Å². The maximum absolute atomic E-state index is 13.9. The van der Waals surface area contributed by atoms with Gasteiger partial charge in [0.1, 0.15) is 0 Å². The molecule has 2 rings (SSSR count). The lowest BCUT2D eigenvalue weighted by Crippen LogP contribution is -2.34. The van der Waals surface area contributed by atoms with Crippen LogP contribution in [0.2, 0.25) is 0 Å². The van der Waals surface area contributed by atoms with Gasteiger partial charge in [-0.2, -0.15) is 0 Å². The minimum Gasteiger partial charge on any atom is -0.394 e. The molecule has 1 saturated heterocycles. The van der Waals surface area contributed by atoms with E-state index in [4.69, 9.17) is 9.84 Å². The number of alkyl halides is 1. The van der Waals surface area contributed by atoms with E-state index in [9.17, 15) is 14.0 Å². The second-order valence-electron chi connectivity index (χ2n) is 4.07. The largest absolute Gasteiger partial charge is 0.394 e. The van der Waals surface area contributed by atoms with E-state index in [2.05, 4.69) is 0 Å². The molecule has 17 heavy (non-hydrogen) atoms. The zero-order chi connectivity index (χ0) is 12.6. The summed E-state index contributed by atoms with van der Waals surface area (Å²) in [7, 11) is 0. The van der Waals surface area contributed by atoms with Crippen LogP contribution in [-0.4, -0.2) is 33.5 Å². The summed E-state index contributed by atoms with van der Waals surface area (Å²) >= 11 is 0. The van der Waals surface area contributed by atoms with Crippen LogP contribution in [0.5, 0.6) is 0 Å². The van der Waals surface area contributed by atoms with Crippen molar-refractivity contribution in [3.63, 3.8) is 0 Å². The van der Waals surface area contributed by atoms with Gasteiger partial charge in [0, 0.05) is 18.2 Å². The molecule has 1 aromatic heterocycles. The van der Waals surface area contributed by atoms with E-state index in [1.807, 2.05) is 4.98 Å². The van der Waals surface area contributed by atoms with Crippen molar-refractivity contribution in [1.82, 2.24) is 9.55 Å². The molecule has 0 aliphatic carbocycles. The van der Waals surface area contributed by atoms with Crippen LogP contribution in [0.1, 0.15) is 13.2 Å². The van der Waals surface area contributed by atoms with Gasteiger partial charge in [0.15, 0.2) is 12.4 Å². The monoisotopic (exact) mass is 244 g/mol. The number of ether oxygens (including phenoxy) is 1. The highest BCUT2D eigenvalue weighted by molar-refractivity contribution is 4.91. The van der Waals surface area contributed by atoms with Gasteiger partial charge in [-0.05, 0) is 0 Å². The quantitative estimate of drug-likeness (QED) is 0.727. The first kappa shape index (κ1) is 12.0. The van der Waals surface area contributed by atoms with Crippen molar-refractivity contribution in [2.24, 2.45) is 5.92 Å². The van der Waals surface area contributed by atoms with E-state index < -0.39 is 35.7 Å². The number of aliphatic hydroxyl groups is 1. The number of halogens is 1. The minimum absolute atomic E-state index is 0.309. The molecule has 2 N–H and O–H groups in total. The molecule has 2 heterocycles. The molecule has 0 amide bonds. The molecular weight excluding hydrogens is 231 g/mol. The van der Waals surface area contributed by atoms with Gasteiger partial charge in [-0.1, -0.05) is 6.92 Å². The van der Waals surface area contributed by atoms with Gasteiger partial charge in [-0.3, -0.25) is 14.3 Å². The zero-order valence-electron chi connectivity index (χ0n) is 9.17. The third-order valence-corrected chi connectivity index (χ3v) is 2.98. The van der Waals surface area contributed by atoms with Gasteiger partial charge in [0.25, 0.3) is 5.56 Å². The molecule has 1 aliphatic rings. The fourth-order valence-corrected chi connectivity index (χ4v) is 1.90. The van der Waals surface area contributed by atoms with Crippen molar-refractivity contribution in [1.29, 1.82) is 0 Å². The molecule has 0 unspecified atom stereocenters. The van der Waals surface area contributed by atoms with E-state index in [1.54, 1.807) is 6.92 Å². The number of nitrogens with one attached hydrogen (secondary N) is 1. The number of aromatic nitrogens is 2. The van der Waals surface area contributed by atoms with Crippen LogP contribution in [0.25, 0.3) is 0 Å². The lowest BCUT2D eigenvalue weighted by atomic mass is 10.0. The second kappa shape index (κ2) is 4.42. The normalized spacial score (nSPS) is 32.9. The Morgan fingerprint density at radius 3 is 2.82 bits per heavy atom. The minimum atomic E-state index is -1.41. The van der Waals surface area contributed by atoms with E-state index in [-0.39, 0.29) is 6.61 Å². The Labute approximate surface area is 95.7 Å². The maximum atomic E-state index is 13.9. The zero-order valence-corrected chi connectivity index (χ0v) is 9.17. The molecule has 0 saturated carbocycles. The van der Waals surface area contributed by atoms with Gasteiger partial charge in [-0.15, -0.1) is 0 Å². The van der Waals surface area contributed by atoms with E-state index in [0.29, 0.717) is 0 Å². The fraction of sp³-hybridized carbons (Fsp3) is 0.600. The lowest BCUT2D eigenvalue weighted by molar-refractivity contribution is -0.0419. The van der Waals surface area contributed by atoms with Crippen LogP contribution in [0, 0.1) is 5.92 Å². The van der Waals surface area contributed by atoms with Crippen molar-refractivity contribution in [3.05, 3.63) is 33.1 Å². The van der Waals surface area contributed by atoms with Gasteiger partial charge >= 0.3 is 5.69 Å². The van der Waals surface area contributed by atoms with Crippen LogP contribution < -0.4 is 11.2 Å². The first-order chi connectivity index (χ1) is 8.04. The Morgan fingerprint density at radius 1 is 1.59 bits per heavy atom. The van der Waals surface area contributed by atoms with Gasteiger partial charge in [-0.25, -0.2) is 9.18 Å². The van der Waals surface area contributed by atoms with Crippen molar-refractivity contribution >= 4 is 0 Å². The summed E-state index contributed by atoms with van der Waals surface area (Å²) < 4.78 is 20.1. The molecule has 94 valence electrons. The van der Waals surface area contributed by atoms with Gasteiger partial charge in [0.05, 0.1) is 12.7 Å². The number of aliphatic hydroxyl groups excluding tert-OH is 1. The van der Waals surface area contributed by atoms with E-state index >= 15 is 0 Å². The molecule has 0 radical (unpaired) electrons. The Bertz CT molecular complexity index is 512. The summed E-state index contributed by atoms with van der Waals surface area (Å²) in [4.78, 5) is 24.4. The number of rotatable bonds is 2. The Hall–Kier alpha value is -1.47. The summed E-state index contributed by atoms with van der Waals surface area (Å²) in [5, 5.41) is 9.00. The van der Waals surface area contributed by atoms with E-state index in [1.165, 1.54) is 6.20 Å². The van der Waals surface area contributed by atoms with Gasteiger partial charge < -0.3 is 9.84 Å². The third kappa shape index (κ3) is 2.03. The standard InChI is InChI=1S/C10H13FN2O4/c1-5-6(4-14)17-9(8(5)11)13-3-2-7(15)12-10(13)16/h2-3,5-6,8-9,14H,4H2,1H3,(H,12,15,16)/t5-,6-,8+,9-/m1/s1. The summed E-state index contributed by atoms with van der Waals surface area (Å²) in [6, 6.07) is 1.12. The average Bonchev–Trinajstić information content (AvgIpc) is 2.57. The van der Waals surface area contributed by atoms with Crippen LogP contribution in [-0.2, 0) is 4.74 Å². The number of nitrogens with zero attached hydrogens (tertiary/aromatic N) is 1. The summed E-state index contributed by atoms with van der Waals surface area (Å²) in [6.07, 6.45) is -1.97. The van der Waals surface area contributed by atoms with Crippen LogP contribution in [0.4, 0.5) is 4.39 Å². The van der Waals surface area contributed by atoms with Gasteiger partial charge in [0.2, 0.25) is 0 Å². The van der Waals surface area contributed by atoms with Crippen LogP contribution in [0.15, 0.2) is 21.9 Å². The number of aromatic amines is 1. The molecule has 0 bridgehead atoms. The number of hydrogen-bond acceptors (Lipinski definition) is 4. The summed E-state index contributed by atoms with van der Waals surface area (Å²) in [5.74, 6) is -0.510. The molecule has 4 atom stereocenters. The number of hydrogen-bond donors (Lipinski definition) is 2.